The van der Waals surface area contributed by atoms with Crippen LogP contribution < -0.4 is 5.32 Å². The van der Waals surface area contributed by atoms with Gasteiger partial charge >= 0.3 is 0 Å². The van der Waals surface area contributed by atoms with Crippen molar-refractivity contribution in [2.75, 3.05) is 11.9 Å². The zero-order chi connectivity index (χ0) is 20.6. The van der Waals surface area contributed by atoms with Gasteiger partial charge in [0.1, 0.15) is 20.9 Å². The van der Waals surface area contributed by atoms with Gasteiger partial charge in [0.15, 0.2) is 0 Å². The molecule has 3 aromatic rings. The van der Waals surface area contributed by atoms with Crippen molar-refractivity contribution >= 4 is 44.3 Å². The summed E-state index contributed by atoms with van der Waals surface area (Å²) in [5.74, 6) is -2.37. The number of anilines is 1. The molecular formula is C17H14F2N4O3S3. The fourth-order valence-electron chi connectivity index (χ4n) is 3.03. The number of sulfonamides is 1. The van der Waals surface area contributed by atoms with E-state index in [0.29, 0.717) is 30.5 Å². The summed E-state index contributed by atoms with van der Waals surface area (Å²) in [6.45, 7) is 0.354. The average molecular weight is 457 g/mol. The van der Waals surface area contributed by atoms with Gasteiger partial charge in [-0.3, -0.25) is 4.79 Å². The molecule has 1 atom stereocenters. The molecule has 0 spiro atoms. The average Bonchev–Trinajstić information content (AvgIpc) is 3.44. The summed E-state index contributed by atoms with van der Waals surface area (Å²) in [5, 5.41) is 12.2. The number of hydrogen-bond acceptors (Lipinski definition) is 7. The van der Waals surface area contributed by atoms with E-state index >= 15 is 0 Å². The third kappa shape index (κ3) is 3.92. The third-order valence-electron chi connectivity index (χ3n) is 4.36. The number of nitrogens with one attached hydrogen (secondary N) is 1. The summed E-state index contributed by atoms with van der Waals surface area (Å²) < 4.78 is 54.1. The highest BCUT2D eigenvalue weighted by Crippen LogP contribution is 2.38. The molecule has 0 aliphatic carbocycles. The van der Waals surface area contributed by atoms with Crippen LogP contribution in [-0.4, -0.2) is 35.4 Å². The fourth-order valence-corrected chi connectivity index (χ4v) is 6.76. The number of thiophene rings is 1. The Bertz CT molecular complexity index is 1150. The molecule has 1 fully saturated rings. The van der Waals surface area contributed by atoms with Crippen molar-refractivity contribution in [2.24, 2.45) is 0 Å². The molecule has 1 aliphatic heterocycles. The molecule has 0 unspecified atom stereocenters. The number of aromatic nitrogens is 2. The highest BCUT2D eigenvalue weighted by molar-refractivity contribution is 7.91. The third-order valence-corrected chi connectivity index (χ3v) is 8.67. The summed E-state index contributed by atoms with van der Waals surface area (Å²) in [4.78, 5) is 12.4. The minimum atomic E-state index is -3.66. The molecule has 1 amide bonds. The maximum absolute atomic E-state index is 13.7. The van der Waals surface area contributed by atoms with E-state index in [1.165, 1.54) is 4.31 Å². The SMILES string of the molecule is O=C(Nc1ccc(F)cc1F)c1nnc([C@@H]2CCCN2S(=O)(=O)c2cccs2)s1. The molecule has 0 saturated carbocycles. The van der Waals surface area contributed by atoms with Crippen LogP contribution in [0.3, 0.4) is 0 Å². The minimum Gasteiger partial charge on any atom is -0.317 e. The van der Waals surface area contributed by atoms with Gasteiger partial charge < -0.3 is 5.32 Å². The predicted molar refractivity (Wildman–Crippen MR) is 104 cm³/mol. The van der Waals surface area contributed by atoms with Gasteiger partial charge in [0.05, 0.1) is 11.7 Å². The van der Waals surface area contributed by atoms with Crippen LogP contribution in [0, 0.1) is 11.6 Å². The van der Waals surface area contributed by atoms with Crippen LogP contribution in [0.25, 0.3) is 0 Å². The number of carbonyl (C=O) groups excluding carboxylic acids is 1. The Morgan fingerprint density at radius 2 is 2.07 bits per heavy atom. The minimum absolute atomic E-state index is 0.0379. The first-order valence-electron chi connectivity index (χ1n) is 8.51. The maximum atomic E-state index is 13.7. The molecule has 1 aliphatic rings. The Morgan fingerprint density at radius 1 is 1.24 bits per heavy atom. The molecular weight excluding hydrogens is 442 g/mol. The highest BCUT2D eigenvalue weighted by atomic mass is 32.2. The smallest absolute Gasteiger partial charge is 0.286 e. The molecule has 2 aromatic heterocycles. The van der Waals surface area contributed by atoms with Crippen molar-refractivity contribution < 1.29 is 22.0 Å². The summed E-state index contributed by atoms with van der Waals surface area (Å²) in [5.41, 5.74) is -0.184. The molecule has 1 saturated heterocycles. The van der Waals surface area contributed by atoms with Gasteiger partial charge in [0, 0.05) is 12.6 Å². The van der Waals surface area contributed by atoms with E-state index in [9.17, 15) is 22.0 Å². The second-order valence-electron chi connectivity index (χ2n) is 6.23. The molecule has 4 rings (SSSR count). The second-order valence-corrected chi connectivity index (χ2v) is 10.3. The van der Waals surface area contributed by atoms with Gasteiger partial charge in [0.2, 0.25) is 5.01 Å². The monoisotopic (exact) mass is 456 g/mol. The van der Waals surface area contributed by atoms with Crippen LogP contribution in [0.1, 0.15) is 33.7 Å². The number of hydrogen-bond donors (Lipinski definition) is 1. The molecule has 152 valence electrons. The molecule has 1 aromatic carbocycles. The zero-order valence-corrected chi connectivity index (χ0v) is 17.2. The largest absolute Gasteiger partial charge is 0.317 e. The molecule has 7 nitrogen and oxygen atoms in total. The van der Waals surface area contributed by atoms with Gasteiger partial charge in [-0.2, -0.15) is 4.31 Å². The lowest BCUT2D eigenvalue weighted by molar-refractivity contribution is 0.102. The summed E-state index contributed by atoms with van der Waals surface area (Å²) in [6.07, 6.45) is 1.23. The Labute approximate surface area is 173 Å². The first-order chi connectivity index (χ1) is 13.9. The molecule has 0 bridgehead atoms. The lowest BCUT2D eigenvalue weighted by Gasteiger charge is -2.21. The number of halogens is 2. The van der Waals surface area contributed by atoms with Crippen molar-refractivity contribution in [2.45, 2.75) is 23.1 Å². The number of carbonyl (C=O) groups is 1. The predicted octanol–water partition coefficient (Wildman–Crippen LogP) is 3.66. The Balaban J connectivity index is 1.54. The van der Waals surface area contributed by atoms with Crippen LogP contribution in [0.5, 0.6) is 0 Å². The number of rotatable bonds is 5. The summed E-state index contributed by atoms with van der Waals surface area (Å²) >= 11 is 2.09. The van der Waals surface area contributed by atoms with Crippen molar-refractivity contribution in [1.82, 2.24) is 14.5 Å². The van der Waals surface area contributed by atoms with Crippen molar-refractivity contribution in [1.29, 1.82) is 0 Å². The van der Waals surface area contributed by atoms with Gasteiger partial charge in [-0.15, -0.1) is 21.5 Å². The summed E-state index contributed by atoms with van der Waals surface area (Å²) in [6, 6.07) is 5.50. The molecule has 1 N–H and O–H groups in total. The number of amides is 1. The summed E-state index contributed by atoms with van der Waals surface area (Å²) in [7, 11) is -3.66. The van der Waals surface area contributed by atoms with Crippen LogP contribution >= 0.6 is 22.7 Å². The van der Waals surface area contributed by atoms with Crippen molar-refractivity contribution in [3.63, 3.8) is 0 Å². The molecule has 0 radical (unpaired) electrons. The first kappa shape index (κ1) is 20.0. The molecule has 12 heteroatoms. The fraction of sp³-hybridized carbons (Fsp3) is 0.235. The topological polar surface area (TPSA) is 92.3 Å². The van der Waals surface area contributed by atoms with Crippen LogP contribution in [0.4, 0.5) is 14.5 Å². The van der Waals surface area contributed by atoms with Gasteiger partial charge in [-0.1, -0.05) is 17.4 Å². The van der Waals surface area contributed by atoms with Crippen LogP contribution in [0.15, 0.2) is 39.9 Å². The number of nitrogens with zero attached hydrogens (tertiary/aromatic N) is 3. The van der Waals surface area contributed by atoms with Crippen LogP contribution in [0.2, 0.25) is 0 Å². The van der Waals surface area contributed by atoms with Gasteiger partial charge in [-0.05, 0) is 36.4 Å². The van der Waals surface area contributed by atoms with E-state index in [2.05, 4.69) is 15.5 Å². The Morgan fingerprint density at radius 3 is 2.79 bits per heavy atom. The van der Waals surface area contributed by atoms with Gasteiger partial charge in [-0.25, -0.2) is 17.2 Å². The van der Waals surface area contributed by atoms with E-state index in [0.717, 1.165) is 34.8 Å². The van der Waals surface area contributed by atoms with E-state index in [4.69, 9.17) is 0 Å². The quantitative estimate of drug-likeness (QED) is 0.633. The van der Waals surface area contributed by atoms with Crippen molar-refractivity contribution in [3.8, 4) is 0 Å². The molecule has 3 heterocycles. The van der Waals surface area contributed by atoms with Crippen molar-refractivity contribution in [3.05, 3.63) is 57.4 Å². The lowest BCUT2D eigenvalue weighted by Crippen LogP contribution is -2.30. The van der Waals surface area contributed by atoms with E-state index in [1.807, 2.05) is 0 Å². The zero-order valence-electron chi connectivity index (χ0n) is 14.7. The van der Waals surface area contributed by atoms with Crippen LogP contribution in [-0.2, 0) is 10.0 Å². The normalized spacial score (nSPS) is 17.5. The maximum Gasteiger partial charge on any atom is 0.286 e. The Kier molecular flexibility index (Phi) is 5.42. The molecule has 29 heavy (non-hydrogen) atoms. The standard InChI is InChI=1S/C17H14F2N4O3S3/c18-10-5-6-12(11(19)9-10)20-15(24)17-22-21-16(28-17)13-3-1-7-23(13)29(25,26)14-4-2-8-27-14/h2,4-6,8-9,13H,1,3,7H2,(H,20,24)/t13-/m0/s1. The first-order valence-corrected chi connectivity index (χ1v) is 11.6. The second kappa shape index (κ2) is 7.86. The van der Waals surface area contributed by atoms with E-state index in [-0.39, 0.29) is 14.9 Å². The highest BCUT2D eigenvalue weighted by Gasteiger charge is 2.39. The van der Waals surface area contributed by atoms with Gasteiger partial charge in [0.25, 0.3) is 15.9 Å². The Hall–Kier alpha value is -2.28. The number of benzene rings is 1. The van der Waals surface area contributed by atoms with E-state index in [1.54, 1.807) is 17.5 Å². The lowest BCUT2D eigenvalue weighted by atomic mass is 10.2. The van der Waals surface area contributed by atoms with E-state index < -0.39 is 33.6 Å².